The monoisotopic (exact) mass is 271 g/mol. The van der Waals surface area contributed by atoms with E-state index in [2.05, 4.69) is 10.2 Å². The third-order valence-electron chi connectivity index (χ3n) is 2.50. The van der Waals surface area contributed by atoms with Gasteiger partial charge in [-0.2, -0.15) is 5.10 Å². The summed E-state index contributed by atoms with van der Waals surface area (Å²) < 4.78 is 0. The molecule has 2 rings (SSSR count). The Bertz CT molecular complexity index is 527. The predicted molar refractivity (Wildman–Crippen MR) is 68.1 cm³/mol. The maximum atomic E-state index is 10.0. The van der Waals surface area contributed by atoms with Gasteiger partial charge in [0.25, 0.3) is 0 Å². The van der Waals surface area contributed by atoms with E-state index in [0.29, 0.717) is 27.8 Å². The SMILES string of the molecule is Nc1[nH]ncc1C(O)Cc1cccc(Cl)c1Cl. The van der Waals surface area contributed by atoms with Crippen LogP contribution in [0.15, 0.2) is 24.4 Å². The summed E-state index contributed by atoms with van der Waals surface area (Å²) in [5, 5.41) is 17.3. The van der Waals surface area contributed by atoms with E-state index in [1.165, 1.54) is 6.20 Å². The largest absolute Gasteiger partial charge is 0.388 e. The minimum absolute atomic E-state index is 0.336. The summed E-state index contributed by atoms with van der Waals surface area (Å²) in [5.74, 6) is 0.357. The molecule has 4 nitrogen and oxygen atoms in total. The molecule has 0 saturated heterocycles. The number of aliphatic hydroxyl groups is 1. The van der Waals surface area contributed by atoms with Gasteiger partial charge in [-0.05, 0) is 11.6 Å². The fraction of sp³-hybridized carbons (Fsp3) is 0.182. The van der Waals surface area contributed by atoms with E-state index in [1.807, 2.05) is 6.07 Å². The van der Waals surface area contributed by atoms with E-state index >= 15 is 0 Å². The molecule has 1 aromatic heterocycles. The lowest BCUT2D eigenvalue weighted by Crippen LogP contribution is -2.04. The first-order valence-electron chi connectivity index (χ1n) is 4.99. The van der Waals surface area contributed by atoms with Gasteiger partial charge < -0.3 is 10.8 Å². The lowest BCUT2D eigenvalue weighted by molar-refractivity contribution is 0.179. The zero-order valence-corrected chi connectivity index (χ0v) is 10.3. The van der Waals surface area contributed by atoms with Gasteiger partial charge in [0, 0.05) is 12.0 Å². The van der Waals surface area contributed by atoms with Gasteiger partial charge in [0.1, 0.15) is 5.82 Å². The maximum absolute atomic E-state index is 10.0. The normalized spacial score (nSPS) is 12.6. The molecule has 2 aromatic rings. The Morgan fingerprint density at radius 1 is 1.41 bits per heavy atom. The molecule has 1 atom stereocenters. The Balaban J connectivity index is 2.22. The Hall–Kier alpha value is -1.23. The molecule has 17 heavy (non-hydrogen) atoms. The van der Waals surface area contributed by atoms with E-state index in [0.717, 1.165) is 5.56 Å². The zero-order valence-electron chi connectivity index (χ0n) is 8.82. The molecule has 0 aliphatic rings. The van der Waals surface area contributed by atoms with Crippen molar-refractivity contribution in [3.63, 3.8) is 0 Å². The Kier molecular flexibility index (Phi) is 3.57. The van der Waals surface area contributed by atoms with Gasteiger partial charge >= 0.3 is 0 Å². The summed E-state index contributed by atoms with van der Waals surface area (Å²) in [4.78, 5) is 0. The van der Waals surface area contributed by atoms with E-state index in [-0.39, 0.29) is 0 Å². The molecule has 0 bridgehead atoms. The maximum Gasteiger partial charge on any atom is 0.124 e. The average molecular weight is 272 g/mol. The van der Waals surface area contributed by atoms with Crippen LogP contribution >= 0.6 is 23.2 Å². The van der Waals surface area contributed by atoms with Gasteiger partial charge in [-0.15, -0.1) is 0 Å². The number of nitrogens with two attached hydrogens (primary N) is 1. The molecule has 0 spiro atoms. The predicted octanol–water partition coefficient (Wildman–Crippen LogP) is 2.57. The fourth-order valence-corrected chi connectivity index (χ4v) is 1.99. The van der Waals surface area contributed by atoms with Crippen molar-refractivity contribution in [2.75, 3.05) is 5.73 Å². The van der Waals surface area contributed by atoms with Crippen LogP contribution in [-0.4, -0.2) is 15.3 Å². The van der Waals surface area contributed by atoms with Crippen LogP contribution in [0, 0.1) is 0 Å². The molecule has 6 heteroatoms. The molecular weight excluding hydrogens is 261 g/mol. The number of hydrogen-bond donors (Lipinski definition) is 3. The minimum atomic E-state index is -0.760. The van der Waals surface area contributed by atoms with Crippen molar-refractivity contribution in [2.45, 2.75) is 12.5 Å². The third kappa shape index (κ3) is 2.54. The van der Waals surface area contributed by atoms with Gasteiger partial charge in [-0.25, -0.2) is 0 Å². The molecule has 0 aliphatic heterocycles. The number of anilines is 1. The molecule has 0 fully saturated rings. The number of rotatable bonds is 3. The van der Waals surface area contributed by atoms with Crippen LogP contribution in [0.2, 0.25) is 10.0 Å². The number of benzene rings is 1. The molecule has 1 aromatic carbocycles. The van der Waals surface area contributed by atoms with Crippen molar-refractivity contribution in [3.05, 3.63) is 45.6 Å². The first kappa shape index (κ1) is 12.2. The quantitative estimate of drug-likeness (QED) is 0.803. The summed E-state index contributed by atoms with van der Waals surface area (Å²) in [6, 6.07) is 5.30. The van der Waals surface area contributed by atoms with Crippen LogP contribution in [0.25, 0.3) is 0 Å². The fourth-order valence-electron chi connectivity index (χ4n) is 1.60. The van der Waals surface area contributed by atoms with Crippen LogP contribution in [0.4, 0.5) is 5.82 Å². The lowest BCUT2D eigenvalue weighted by Gasteiger charge is -2.11. The highest BCUT2D eigenvalue weighted by atomic mass is 35.5. The molecule has 4 N–H and O–H groups in total. The molecule has 0 radical (unpaired) electrons. The number of hydrogen-bond acceptors (Lipinski definition) is 3. The van der Waals surface area contributed by atoms with Crippen LogP contribution in [0.1, 0.15) is 17.2 Å². The average Bonchev–Trinajstić information content (AvgIpc) is 2.71. The van der Waals surface area contributed by atoms with Crippen molar-refractivity contribution in [3.8, 4) is 0 Å². The summed E-state index contributed by atoms with van der Waals surface area (Å²) in [5.41, 5.74) is 6.95. The smallest absolute Gasteiger partial charge is 0.124 e. The molecule has 0 amide bonds. The third-order valence-corrected chi connectivity index (χ3v) is 3.36. The van der Waals surface area contributed by atoms with Gasteiger partial charge in [-0.1, -0.05) is 35.3 Å². The van der Waals surface area contributed by atoms with Crippen molar-refractivity contribution < 1.29 is 5.11 Å². The minimum Gasteiger partial charge on any atom is -0.388 e. The van der Waals surface area contributed by atoms with Crippen LogP contribution in [0.3, 0.4) is 0 Å². The van der Waals surface area contributed by atoms with E-state index < -0.39 is 6.10 Å². The number of aliphatic hydroxyl groups excluding tert-OH is 1. The van der Waals surface area contributed by atoms with Crippen LogP contribution in [0.5, 0.6) is 0 Å². The highest BCUT2D eigenvalue weighted by Crippen LogP contribution is 2.30. The Labute approximate surface area is 108 Å². The topological polar surface area (TPSA) is 74.9 Å². The number of nitrogens with zero attached hydrogens (tertiary/aromatic N) is 1. The number of H-pyrrole nitrogens is 1. The number of aromatic nitrogens is 2. The van der Waals surface area contributed by atoms with E-state index in [4.69, 9.17) is 28.9 Å². The molecule has 1 unspecified atom stereocenters. The van der Waals surface area contributed by atoms with Crippen LogP contribution in [-0.2, 0) is 6.42 Å². The Morgan fingerprint density at radius 3 is 2.82 bits per heavy atom. The number of nitrogens with one attached hydrogen (secondary N) is 1. The van der Waals surface area contributed by atoms with Crippen molar-refractivity contribution in [1.29, 1.82) is 0 Å². The summed E-state index contributed by atoms with van der Waals surface area (Å²) in [6.45, 7) is 0. The van der Waals surface area contributed by atoms with Gasteiger partial charge in [-0.3, -0.25) is 5.10 Å². The summed E-state index contributed by atoms with van der Waals surface area (Å²) in [6.07, 6.45) is 1.08. The van der Waals surface area contributed by atoms with Crippen molar-refractivity contribution >= 4 is 29.0 Å². The van der Waals surface area contributed by atoms with E-state index in [9.17, 15) is 5.11 Å². The zero-order chi connectivity index (χ0) is 12.4. The number of nitrogen functional groups attached to an aromatic ring is 1. The lowest BCUT2D eigenvalue weighted by atomic mass is 10.0. The second-order valence-corrected chi connectivity index (χ2v) is 4.46. The first-order valence-corrected chi connectivity index (χ1v) is 5.75. The van der Waals surface area contributed by atoms with Crippen LogP contribution < -0.4 is 5.73 Å². The second-order valence-electron chi connectivity index (χ2n) is 3.67. The van der Waals surface area contributed by atoms with Gasteiger partial charge in [0.15, 0.2) is 0 Å². The molecular formula is C11H11Cl2N3O. The Morgan fingerprint density at radius 2 is 2.18 bits per heavy atom. The highest BCUT2D eigenvalue weighted by Gasteiger charge is 2.15. The van der Waals surface area contributed by atoms with Crippen molar-refractivity contribution in [1.82, 2.24) is 10.2 Å². The molecule has 0 aliphatic carbocycles. The first-order chi connectivity index (χ1) is 8.09. The van der Waals surface area contributed by atoms with Gasteiger partial charge in [0.2, 0.25) is 0 Å². The number of halogens is 2. The second kappa shape index (κ2) is 4.96. The summed E-state index contributed by atoms with van der Waals surface area (Å²) >= 11 is 11.9. The standard InChI is InChI=1S/C11H11Cl2N3O/c12-8-3-1-2-6(10(8)13)4-9(17)7-5-15-16-11(7)14/h1-3,5,9,17H,4H2,(H3,14,15,16). The number of aromatic amines is 1. The summed E-state index contributed by atoms with van der Waals surface area (Å²) in [7, 11) is 0. The van der Waals surface area contributed by atoms with E-state index in [1.54, 1.807) is 12.1 Å². The molecule has 90 valence electrons. The highest BCUT2D eigenvalue weighted by molar-refractivity contribution is 6.42. The molecule has 0 saturated carbocycles. The molecule has 1 heterocycles. The van der Waals surface area contributed by atoms with Gasteiger partial charge in [0.05, 0.1) is 22.3 Å². The van der Waals surface area contributed by atoms with Crippen molar-refractivity contribution in [2.24, 2.45) is 0 Å².